The summed E-state index contributed by atoms with van der Waals surface area (Å²) in [5.41, 5.74) is 0.979. The third-order valence-corrected chi connectivity index (χ3v) is 4.33. The number of benzene rings is 1. The number of piperidine rings is 1. The van der Waals surface area contributed by atoms with Crippen molar-refractivity contribution >= 4 is 28.9 Å². The van der Waals surface area contributed by atoms with Gasteiger partial charge >= 0.3 is 0 Å². The Morgan fingerprint density at radius 1 is 1.28 bits per heavy atom. The van der Waals surface area contributed by atoms with E-state index < -0.39 is 0 Å². The normalized spacial score (nSPS) is 19.8. The van der Waals surface area contributed by atoms with E-state index in [2.05, 4.69) is 24.2 Å². The number of anilines is 1. The molecule has 1 aromatic rings. The summed E-state index contributed by atoms with van der Waals surface area (Å²) in [5, 5.41) is 4.89. The molecular weight excluding hydrogens is 267 g/mol. The fraction of sp³-hybridized carbons (Fsp3) is 0.571. The lowest BCUT2D eigenvalue weighted by Gasteiger charge is -2.33. The largest absolute Gasteiger partial charge is 0.381 e. The summed E-state index contributed by atoms with van der Waals surface area (Å²) in [7, 11) is 2.18. The number of likely N-dealkylation sites (tertiary alicyclic amines) is 1. The minimum atomic E-state index is 0.442. The molecule has 1 N–H and O–H groups in total. The van der Waals surface area contributed by atoms with Gasteiger partial charge in [-0.05, 0) is 64.0 Å². The van der Waals surface area contributed by atoms with Crippen molar-refractivity contribution in [2.45, 2.75) is 25.8 Å². The molecule has 0 aliphatic carbocycles. The number of hydrogen-bond donors (Lipinski definition) is 1. The van der Waals surface area contributed by atoms with E-state index in [-0.39, 0.29) is 0 Å². The van der Waals surface area contributed by atoms with E-state index in [1.165, 1.54) is 25.9 Å². The molecule has 1 aliphatic heterocycles. The van der Waals surface area contributed by atoms with Gasteiger partial charge in [0.05, 0.1) is 10.7 Å². The van der Waals surface area contributed by atoms with Gasteiger partial charge in [-0.15, -0.1) is 0 Å². The number of nitrogens with zero attached hydrogens (tertiary/aromatic N) is 1. The summed E-state index contributed by atoms with van der Waals surface area (Å²) >= 11 is 12.1. The second-order valence-electron chi connectivity index (χ2n) is 5.20. The molecule has 2 nitrogen and oxygen atoms in total. The SMILES string of the molecule is CC(Nc1ccc(Cl)cc1Cl)C1CCN(C)CC1. The average molecular weight is 287 g/mol. The fourth-order valence-electron chi connectivity index (χ4n) is 2.50. The smallest absolute Gasteiger partial charge is 0.0652 e. The van der Waals surface area contributed by atoms with E-state index in [0.717, 1.165) is 5.69 Å². The zero-order valence-electron chi connectivity index (χ0n) is 10.9. The third-order valence-electron chi connectivity index (χ3n) is 3.78. The van der Waals surface area contributed by atoms with Gasteiger partial charge in [0.25, 0.3) is 0 Å². The molecule has 0 bridgehead atoms. The number of rotatable bonds is 3. The van der Waals surface area contributed by atoms with Crippen molar-refractivity contribution in [1.29, 1.82) is 0 Å². The highest BCUT2D eigenvalue weighted by atomic mass is 35.5. The van der Waals surface area contributed by atoms with Gasteiger partial charge in [-0.25, -0.2) is 0 Å². The number of nitrogens with one attached hydrogen (secondary N) is 1. The Morgan fingerprint density at radius 2 is 1.94 bits per heavy atom. The highest BCUT2D eigenvalue weighted by Gasteiger charge is 2.22. The Labute approximate surface area is 119 Å². The summed E-state index contributed by atoms with van der Waals surface area (Å²) in [6.07, 6.45) is 2.49. The molecule has 0 radical (unpaired) electrons. The van der Waals surface area contributed by atoms with Crippen LogP contribution in [0.1, 0.15) is 19.8 Å². The molecule has 100 valence electrons. The highest BCUT2D eigenvalue weighted by Crippen LogP contribution is 2.28. The average Bonchev–Trinajstić information content (AvgIpc) is 2.33. The van der Waals surface area contributed by atoms with Crippen molar-refractivity contribution in [3.63, 3.8) is 0 Å². The van der Waals surface area contributed by atoms with Crippen molar-refractivity contribution in [3.05, 3.63) is 28.2 Å². The monoisotopic (exact) mass is 286 g/mol. The molecule has 4 heteroatoms. The predicted octanol–water partition coefficient (Wildman–Crippen LogP) is 4.14. The van der Waals surface area contributed by atoms with E-state index in [4.69, 9.17) is 23.2 Å². The van der Waals surface area contributed by atoms with Crippen molar-refractivity contribution in [3.8, 4) is 0 Å². The van der Waals surface area contributed by atoms with Gasteiger partial charge in [-0.1, -0.05) is 23.2 Å². The quantitative estimate of drug-likeness (QED) is 0.899. The molecule has 1 unspecified atom stereocenters. The summed E-state index contributed by atoms with van der Waals surface area (Å²) in [6, 6.07) is 6.05. The highest BCUT2D eigenvalue weighted by molar-refractivity contribution is 6.36. The van der Waals surface area contributed by atoms with Crippen LogP contribution in [-0.2, 0) is 0 Å². The van der Waals surface area contributed by atoms with E-state index in [9.17, 15) is 0 Å². The van der Waals surface area contributed by atoms with Crippen LogP contribution in [0.4, 0.5) is 5.69 Å². The van der Waals surface area contributed by atoms with E-state index in [0.29, 0.717) is 22.0 Å². The first-order chi connectivity index (χ1) is 8.56. The maximum absolute atomic E-state index is 6.18. The second kappa shape index (κ2) is 6.14. The molecule has 1 atom stereocenters. The van der Waals surface area contributed by atoms with Gasteiger partial charge in [-0.3, -0.25) is 0 Å². The van der Waals surface area contributed by atoms with Crippen LogP contribution in [0.15, 0.2) is 18.2 Å². The predicted molar refractivity (Wildman–Crippen MR) is 79.8 cm³/mol. The van der Waals surface area contributed by atoms with Crippen molar-refractivity contribution in [2.75, 3.05) is 25.5 Å². The Balaban J connectivity index is 1.96. The Kier molecular flexibility index (Phi) is 4.77. The van der Waals surface area contributed by atoms with Gasteiger partial charge in [-0.2, -0.15) is 0 Å². The fourth-order valence-corrected chi connectivity index (χ4v) is 2.96. The summed E-state index contributed by atoms with van der Waals surface area (Å²) in [5.74, 6) is 0.716. The Morgan fingerprint density at radius 3 is 2.56 bits per heavy atom. The lowest BCUT2D eigenvalue weighted by atomic mass is 9.90. The van der Waals surface area contributed by atoms with Crippen LogP contribution in [0.25, 0.3) is 0 Å². The molecule has 18 heavy (non-hydrogen) atoms. The van der Waals surface area contributed by atoms with Crippen LogP contribution in [0.3, 0.4) is 0 Å². The zero-order valence-corrected chi connectivity index (χ0v) is 12.4. The Bertz CT molecular complexity index is 401. The maximum atomic E-state index is 6.18. The number of halogens is 2. The van der Waals surface area contributed by atoms with Gasteiger partial charge in [0.15, 0.2) is 0 Å². The van der Waals surface area contributed by atoms with Gasteiger partial charge in [0.1, 0.15) is 0 Å². The van der Waals surface area contributed by atoms with Crippen LogP contribution < -0.4 is 5.32 Å². The standard InChI is InChI=1S/C14H20Cl2N2/c1-10(11-5-7-18(2)8-6-11)17-14-4-3-12(15)9-13(14)16/h3-4,9-11,17H,5-8H2,1-2H3. The molecule has 0 amide bonds. The van der Waals surface area contributed by atoms with Crippen molar-refractivity contribution in [1.82, 2.24) is 4.90 Å². The van der Waals surface area contributed by atoms with Crippen LogP contribution in [0.5, 0.6) is 0 Å². The van der Waals surface area contributed by atoms with Gasteiger partial charge in [0, 0.05) is 11.1 Å². The molecule has 1 aliphatic rings. The van der Waals surface area contributed by atoms with Gasteiger partial charge in [0.2, 0.25) is 0 Å². The van der Waals surface area contributed by atoms with Crippen LogP contribution in [-0.4, -0.2) is 31.1 Å². The first kappa shape index (κ1) is 14.0. The molecule has 0 aromatic heterocycles. The molecule has 0 spiro atoms. The topological polar surface area (TPSA) is 15.3 Å². The minimum Gasteiger partial charge on any atom is -0.381 e. The lowest BCUT2D eigenvalue weighted by molar-refractivity contribution is 0.208. The minimum absolute atomic E-state index is 0.442. The summed E-state index contributed by atoms with van der Waals surface area (Å²) < 4.78 is 0. The molecule has 1 fully saturated rings. The first-order valence-electron chi connectivity index (χ1n) is 6.46. The van der Waals surface area contributed by atoms with Crippen molar-refractivity contribution < 1.29 is 0 Å². The summed E-state index contributed by atoms with van der Waals surface area (Å²) in [4.78, 5) is 2.39. The third kappa shape index (κ3) is 3.53. The molecule has 0 saturated carbocycles. The van der Waals surface area contributed by atoms with Crippen LogP contribution >= 0.6 is 23.2 Å². The number of hydrogen-bond acceptors (Lipinski definition) is 2. The van der Waals surface area contributed by atoms with Crippen molar-refractivity contribution in [2.24, 2.45) is 5.92 Å². The Hall–Kier alpha value is -0.440. The van der Waals surface area contributed by atoms with Crippen LogP contribution in [0, 0.1) is 5.92 Å². The molecular formula is C14H20Cl2N2. The van der Waals surface area contributed by atoms with E-state index >= 15 is 0 Å². The molecule has 1 heterocycles. The zero-order chi connectivity index (χ0) is 13.1. The maximum Gasteiger partial charge on any atom is 0.0652 e. The molecule has 2 rings (SSSR count). The van der Waals surface area contributed by atoms with E-state index in [1.807, 2.05) is 12.1 Å². The molecule has 1 aromatic carbocycles. The summed E-state index contributed by atoms with van der Waals surface area (Å²) in [6.45, 7) is 4.61. The molecule has 1 saturated heterocycles. The second-order valence-corrected chi connectivity index (χ2v) is 6.04. The van der Waals surface area contributed by atoms with Crippen LogP contribution in [0.2, 0.25) is 10.0 Å². The first-order valence-corrected chi connectivity index (χ1v) is 7.22. The lowest BCUT2D eigenvalue weighted by Crippen LogP contribution is -2.37. The van der Waals surface area contributed by atoms with Gasteiger partial charge < -0.3 is 10.2 Å². The van der Waals surface area contributed by atoms with E-state index in [1.54, 1.807) is 6.07 Å².